The number of benzene rings is 1. The van der Waals surface area contributed by atoms with Crippen LogP contribution in [0.2, 0.25) is 0 Å². The maximum atomic E-state index is 12.9. The van der Waals surface area contributed by atoms with E-state index in [1.54, 1.807) is 24.6 Å². The molecular formula is C18H24F3N5O2+2. The fourth-order valence-electron chi connectivity index (χ4n) is 3.76. The summed E-state index contributed by atoms with van der Waals surface area (Å²) < 4.78 is 40.3. The third-order valence-electron chi connectivity index (χ3n) is 5.27. The van der Waals surface area contributed by atoms with Crippen molar-refractivity contribution in [1.29, 1.82) is 0 Å². The van der Waals surface area contributed by atoms with Gasteiger partial charge in [0.2, 0.25) is 0 Å². The Bertz CT molecular complexity index is 857. The predicted octanol–water partition coefficient (Wildman–Crippen LogP) is 0.368. The highest BCUT2D eigenvalue weighted by Gasteiger charge is 2.31. The summed E-state index contributed by atoms with van der Waals surface area (Å²) in [6.45, 7) is 7.77. The summed E-state index contributed by atoms with van der Waals surface area (Å²) in [7, 11) is 0. The van der Waals surface area contributed by atoms with E-state index in [0.29, 0.717) is 30.2 Å². The zero-order valence-electron chi connectivity index (χ0n) is 15.8. The molecule has 10 heteroatoms. The first-order valence-electron chi connectivity index (χ1n) is 9.17. The Kier molecular flexibility index (Phi) is 5.71. The molecule has 0 amide bonds. The third kappa shape index (κ3) is 4.50. The minimum absolute atomic E-state index is 0.0632. The van der Waals surface area contributed by atoms with Gasteiger partial charge in [-0.05, 0) is 26.0 Å². The van der Waals surface area contributed by atoms with Crippen molar-refractivity contribution >= 4 is 5.69 Å². The van der Waals surface area contributed by atoms with Crippen LogP contribution in [0.3, 0.4) is 0 Å². The normalized spacial score (nSPS) is 20.3. The molecular weight excluding hydrogens is 375 g/mol. The SMILES string of the molecule is Cc1nn(C[NH+]2CC[NH+](Cc3cccc(C(F)(F)F)c3)CC2)c(C)c1[N+](=O)[O-]. The van der Waals surface area contributed by atoms with Gasteiger partial charge >= 0.3 is 11.9 Å². The lowest BCUT2D eigenvalue weighted by molar-refractivity contribution is -1.03. The number of nitrogens with one attached hydrogen (secondary N) is 2. The van der Waals surface area contributed by atoms with E-state index in [1.165, 1.54) is 21.9 Å². The summed E-state index contributed by atoms with van der Waals surface area (Å²) in [6.07, 6.45) is -4.32. The van der Waals surface area contributed by atoms with Crippen molar-refractivity contribution in [3.63, 3.8) is 0 Å². The van der Waals surface area contributed by atoms with E-state index in [1.807, 2.05) is 0 Å². The van der Waals surface area contributed by atoms with Crippen LogP contribution >= 0.6 is 0 Å². The molecule has 2 heterocycles. The molecule has 3 rings (SSSR count). The lowest BCUT2D eigenvalue weighted by atomic mass is 10.1. The van der Waals surface area contributed by atoms with Gasteiger partial charge in [0.1, 0.15) is 44.1 Å². The van der Waals surface area contributed by atoms with E-state index in [2.05, 4.69) is 5.10 Å². The molecule has 2 N–H and O–H groups in total. The van der Waals surface area contributed by atoms with Gasteiger partial charge in [0.05, 0.1) is 10.5 Å². The van der Waals surface area contributed by atoms with E-state index in [4.69, 9.17) is 0 Å². The van der Waals surface area contributed by atoms with Crippen molar-refractivity contribution in [3.05, 3.63) is 56.9 Å². The van der Waals surface area contributed by atoms with Gasteiger partial charge in [0.25, 0.3) is 0 Å². The van der Waals surface area contributed by atoms with Crippen molar-refractivity contribution < 1.29 is 27.9 Å². The lowest BCUT2D eigenvalue weighted by Crippen LogP contribution is -3.27. The average Bonchev–Trinajstić information content (AvgIpc) is 2.90. The first-order valence-corrected chi connectivity index (χ1v) is 9.17. The summed E-state index contributed by atoms with van der Waals surface area (Å²) >= 11 is 0. The van der Waals surface area contributed by atoms with Gasteiger partial charge in [-0.1, -0.05) is 12.1 Å². The van der Waals surface area contributed by atoms with E-state index in [9.17, 15) is 23.3 Å². The van der Waals surface area contributed by atoms with Gasteiger partial charge in [-0.3, -0.25) is 10.1 Å². The number of aromatic nitrogens is 2. The smallest absolute Gasteiger partial charge is 0.322 e. The van der Waals surface area contributed by atoms with Gasteiger partial charge in [-0.25, -0.2) is 4.68 Å². The second-order valence-corrected chi connectivity index (χ2v) is 7.31. The maximum Gasteiger partial charge on any atom is 0.416 e. The Morgan fingerprint density at radius 1 is 1.18 bits per heavy atom. The van der Waals surface area contributed by atoms with E-state index in [-0.39, 0.29) is 5.69 Å². The first kappa shape index (κ1) is 20.3. The van der Waals surface area contributed by atoms with Crippen LogP contribution in [0.4, 0.5) is 18.9 Å². The highest BCUT2D eigenvalue weighted by molar-refractivity contribution is 5.39. The molecule has 0 atom stereocenters. The summed E-state index contributed by atoms with van der Waals surface area (Å²) in [6, 6.07) is 5.50. The minimum Gasteiger partial charge on any atom is -0.322 e. The van der Waals surface area contributed by atoms with Gasteiger partial charge in [-0.2, -0.15) is 18.3 Å². The monoisotopic (exact) mass is 399 g/mol. The number of nitro groups is 1. The largest absolute Gasteiger partial charge is 0.416 e. The second kappa shape index (κ2) is 7.88. The molecule has 28 heavy (non-hydrogen) atoms. The molecule has 0 unspecified atom stereocenters. The van der Waals surface area contributed by atoms with Crippen LogP contribution in [0.25, 0.3) is 0 Å². The number of nitrogens with zero attached hydrogens (tertiary/aromatic N) is 3. The van der Waals surface area contributed by atoms with E-state index >= 15 is 0 Å². The molecule has 1 aliphatic rings. The van der Waals surface area contributed by atoms with Crippen molar-refractivity contribution in [2.24, 2.45) is 0 Å². The Morgan fingerprint density at radius 2 is 1.82 bits per heavy atom. The zero-order valence-corrected chi connectivity index (χ0v) is 15.8. The summed E-state index contributed by atoms with van der Waals surface area (Å²) in [5.41, 5.74) is 1.10. The molecule has 1 fully saturated rings. The molecule has 0 aliphatic carbocycles. The number of piperazine rings is 1. The highest BCUT2D eigenvalue weighted by Crippen LogP contribution is 2.29. The molecule has 1 aromatic carbocycles. The van der Waals surface area contributed by atoms with Gasteiger partial charge in [-0.15, -0.1) is 0 Å². The molecule has 0 bridgehead atoms. The van der Waals surface area contributed by atoms with Crippen LogP contribution in [0.1, 0.15) is 22.5 Å². The van der Waals surface area contributed by atoms with Crippen molar-refractivity contribution in [1.82, 2.24) is 9.78 Å². The molecule has 1 aliphatic heterocycles. The van der Waals surface area contributed by atoms with E-state index in [0.717, 1.165) is 32.2 Å². The summed E-state index contributed by atoms with van der Waals surface area (Å²) in [5.74, 6) is 0. The van der Waals surface area contributed by atoms with Crippen LogP contribution in [0.5, 0.6) is 0 Å². The number of quaternary nitrogens is 2. The zero-order chi connectivity index (χ0) is 20.5. The molecule has 1 saturated heterocycles. The molecule has 2 aromatic rings. The quantitative estimate of drug-likeness (QED) is 0.564. The number of aryl methyl sites for hydroxylation is 1. The summed E-state index contributed by atoms with van der Waals surface area (Å²) in [4.78, 5) is 13.2. The van der Waals surface area contributed by atoms with Gasteiger partial charge in [0.15, 0.2) is 6.67 Å². The lowest BCUT2D eigenvalue weighted by Gasteiger charge is -2.29. The molecule has 152 valence electrons. The van der Waals surface area contributed by atoms with Gasteiger partial charge < -0.3 is 9.80 Å². The van der Waals surface area contributed by atoms with Crippen LogP contribution < -0.4 is 9.80 Å². The Hall–Kier alpha value is -2.46. The fourth-order valence-corrected chi connectivity index (χ4v) is 3.76. The third-order valence-corrected chi connectivity index (χ3v) is 5.27. The number of rotatable bonds is 5. The van der Waals surface area contributed by atoms with Crippen LogP contribution in [0, 0.1) is 24.0 Å². The Balaban J connectivity index is 1.57. The van der Waals surface area contributed by atoms with Crippen LogP contribution in [-0.4, -0.2) is 40.9 Å². The molecule has 1 aromatic heterocycles. The fraction of sp³-hybridized carbons (Fsp3) is 0.500. The molecule has 0 spiro atoms. The first-order chi connectivity index (χ1) is 13.1. The Labute approximate surface area is 160 Å². The number of hydrogen-bond donors (Lipinski definition) is 2. The number of alkyl halides is 3. The van der Waals surface area contributed by atoms with Crippen LogP contribution in [-0.2, 0) is 19.4 Å². The second-order valence-electron chi connectivity index (χ2n) is 7.31. The Morgan fingerprint density at radius 3 is 2.39 bits per heavy atom. The summed E-state index contributed by atoms with van der Waals surface area (Å²) in [5, 5.41) is 15.4. The molecule has 0 radical (unpaired) electrons. The van der Waals surface area contributed by atoms with Gasteiger partial charge in [0, 0.05) is 5.56 Å². The predicted molar refractivity (Wildman–Crippen MR) is 94.9 cm³/mol. The topological polar surface area (TPSA) is 69.8 Å². The van der Waals surface area contributed by atoms with Crippen LogP contribution in [0.15, 0.2) is 24.3 Å². The molecule has 0 saturated carbocycles. The number of hydrogen-bond acceptors (Lipinski definition) is 3. The van der Waals surface area contributed by atoms with E-state index < -0.39 is 16.7 Å². The standard InChI is InChI=1S/C18H22F3N5O2/c1-13-17(26(27)28)14(2)25(22-13)12-24-8-6-23(7-9-24)11-15-4-3-5-16(10-15)18(19,20)21/h3-5,10H,6-9,11-12H2,1-2H3/p+2. The minimum atomic E-state index is -4.32. The highest BCUT2D eigenvalue weighted by atomic mass is 19.4. The maximum absolute atomic E-state index is 12.9. The number of halogens is 3. The average molecular weight is 399 g/mol. The molecule has 7 nitrogen and oxygen atoms in total. The van der Waals surface area contributed by atoms with Crippen molar-refractivity contribution in [3.8, 4) is 0 Å². The van der Waals surface area contributed by atoms with Crippen molar-refractivity contribution in [2.75, 3.05) is 26.2 Å². The van der Waals surface area contributed by atoms with Crippen molar-refractivity contribution in [2.45, 2.75) is 33.2 Å².